The molecule has 3 heteroatoms. The van der Waals surface area contributed by atoms with Gasteiger partial charge in [0.2, 0.25) is 0 Å². The fourth-order valence-corrected chi connectivity index (χ4v) is 0.836. The Hall–Kier alpha value is -1.09. The average Bonchev–Trinajstić information content (AvgIpc) is 2.04. The van der Waals surface area contributed by atoms with Crippen molar-refractivity contribution in [3.8, 4) is 0 Å². The van der Waals surface area contributed by atoms with Crippen LogP contribution in [-0.4, -0.2) is 12.2 Å². The van der Waals surface area contributed by atoms with Crippen LogP contribution < -0.4 is 10.3 Å². The largest absolute Gasteiger partial charge is 0.391 e. The van der Waals surface area contributed by atoms with E-state index in [9.17, 15) is 0 Å². The van der Waals surface area contributed by atoms with Gasteiger partial charge in [0.15, 0.2) is 0 Å². The maximum Gasteiger partial charge on any atom is 0.277 e. The molecule has 0 atom stereocenters. The van der Waals surface area contributed by atoms with Gasteiger partial charge in [-0.05, 0) is 12.1 Å². The molecule has 0 amide bonds. The zero-order valence-electron chi connectivity index (χ0n) is 5.89. The number of hydrogen-bond acceptors (Lipinski definition) is 2. The molecule has 1 aromatic heterocycles. The van der Waals surface area contributed by atoms with Gasteiger partial charge in [0, 0.05) is 0 Å². The van der Waals surface area contributed by atoms with Crippen molar-refractivity contribution in [1.29, 1.82) is 0 Å². The van der Waals surface area contributed by atoms with Crippen molar-refractivity contribution in [2.75, 3.05) is 12.4 Å². The maximum absolute atomic E-state index is 8.79. The predicted molar refractivity (Wildman–Crippen MR) is 38.5 cm³/mol. The zero-order chi connectivity index (χ0) is 7.40. The van der Waals surface area contributed by atoms with Gasteiger partial charge in [-0.2, -0.15) is 0 Å². The molecule has 0 saturated heterocycles. The number of pyridine rings is 1. The van der Waals surface area contributed by atoms with Gasteiger partial charge in [-0.1, -0.05) is 0 Å². The second kappa shape index (κ2) is 3.17. The van der Waals surface area contributed by atoms with E-state index < -0.39 is 0 Å². The van der Waals surface area contributed by atoms with Crippen LogP contribution in [0.5, 0.6) is 0 Å². The first-order valence-electron chi connectivity index (χ1n) is 3.16. The molecule has 0 aliphatic rings. The summed E-state index contributed by atoms with van der Waals surface area (Å²) in [5.74, 6) is 0.866. The first kappa shape index (κ1) is 7.02. The van der Waals surface area contributed by atoms with Crippen LogP contribution >= 0.6 is 0 Å². The number of aliphatic hydroxyl groups is 1. The van der Waals surface area contributed by atoms with Crippen molar-refractivity contribution in [2.45, 2.75) is 6.61 Å². The van der Waals surface area contributed by atoms with Crippen LogP contribution in [0.1, 0.15) is 5.56 Å². The standard InChI is InChI=1S/C7H10N2O/c1-8-7-6(5-10)3-2-4-9-7/h2-4,10H,5H2,1H3,(H,8,9)/p+1. The van der Waals surface area contributed by atoms with Gasteiger partial charge in [0.25, 0.3) is 5.82 Å². The Morgan fingerprint density at radius 2 is 2.50 bits per heavy atom. The zero-order valence-corrected chi connectivity index (χ0v) is 5.89. The van der Waals surface area contributed by atoms with Crippen LogP contribution in [0.25, 0.3) is 0 Å². The first-order valence-corrected chi connectivity index (χ1v) is 3.16. The lowest BCUT2D eigenvalue weighted by Gasteiger charge is -1.96. The molecule has 0 aliphatic carbocycles. The van der Waals surface area contributed by atoms with Crippen molar-refractivity contribution in [1.82, 2.24) is 0 Å². The Labute approximate surface area is 59.7 Å². The molecular formula is C7H11N2O+. The van der Waals surface area contributed by atoms with E-state index in [4.69, 9.17) is 5.11 Å². The van der Waals surface area contributed by atoms with Gasteiger partial charge in [-0.15, -0.1) is 0 Å². The van der Waals surface area contributed by atoms with Crippen molar-refractivity contribution >= 4 is 5.82 Å². The molecule has 0 radical (unpaired) electrons. The van der Waals surface area contributed by atoms with Crippen molar-refractivity contribution < 1.29 is 10.1 Å². The number of rotatable bonds is 2. The summed E-state index contributed by atoms with van der Waals surface area (Å²) in [5.41, 5.74) is 0.880. The van der Waals surface area contributed by atoms with Crippen molar-refractivity contribution in [3.63, 3.8) is 0 Å². The van der Waals surface area contributed by atoms with Gasteiger partial charge < -0.3 is 5.11 Å². The van der Waals surface area contributed by atoms with E-state index >= 15 is 0 Å². The Morgan fingerprint density at radius 1 is 1.70 bits per heavy atom. The molecular weight excluding hydrogens is 128 g/mol. The van der Waals surface area contributed by atoms with Crippen LogP contribution in [0.15, 0.2) is 18.3 Å². The molecule has 1 aromatic rings. The van der Waals surface area contributed by atoms with Gasteiger partial charge in [0.05, 0.1) is 25.4 Å². The number of hydrogen-bond donors (Lipinski definition) is 2. The number of nitrogens with one attached hydrogen (secondary N) is 2. The summed E-state index contributed by atoms with van der Waals surface area (Å²) in [6, 6.07) is 3.72. The van der Waals surface area contributed by atoms with E-state index in [0.717, 1.165) is 11.4 Å². The Balaban J connectivity index is 2.96. The van der Waals surface area contributed by atoms with Crippen LogP contribution in [-0.2, 0) is 6.61 Å². The number of anilines is 1. The van der Waals surface area contributed by atoms with E-state index in [2.05, 4.69) is 10.3 Å². The fourth-order valence-electron chi connectivity index (χ4n) is 0.836. The summed E-state index contributed by atoms with van der Waals surface area (Å²) in [6.45, 7) is 0.0630. The minimum Gasteiger partial charge on any atom is -0.391 e. The SMILES string of the molecule is CNc1[nH+]cccc1CO. The van der Waals surface area contributed by atoms with Gasteiger partial charge in [0.1, 0.15) is 0 Å². The third-order valence-electron chi connectivity index (χ3n) is 1.36. The second-order valence-electron chi connectivity index (χ2n) is 1.98. The van der Waals surface area contributed by atoms with Crippen molar-refractivity contribution in [3.05, 3.63) is 23.9 Å². The molecule has 54 valence electrons. The monoisotopic (exact) mass is 139 g/mol. The molecule has 1 heterocycles. The molecule has 0 aromatic carbocycles. The lowest BCUT2D eigenvalue weighted by molar-refractivity contribution is -0.361. The smallest absolute Gasteiger partial charge is 0.277 e. The summed E-state index contributed by atoms with van der Waals surface area (Å²) >= 11 is 0. The molecule has 0 aliphatic heterocycles. The van der Waals surface area contributed by atoms with Crippen LogP contribution in [0, 0.1) is 0 Å². The third kappa shape index (κ3) is 1.25. The lowest BCUT2D eigenvalue weighted by Crippen LogP contribution is -2.11. The predicted octanol–water partition coefficient (Wildman–Crippen LogP) is 0.0347. The van der Waals surface area contributed by atoms with Gasteiger partial charge in [-0.3, -0.25) is 5.32 Å². The topological polar surface area (TPSA) is 46.4 Å². The van der Waals surface area contributed by atoms with Gasteiger partial charge >= 0.3 is 0 Å². The highest BCUT2D eigenvalue weighted by molar-refractivity contribution is 5.36. The number of aromatic nitrogens is 1. The van der Waals surface area contributed by atoms with E-state index in [-0.39, 0.29) is 6.61 Å². The highest BCUT2D eigenvalue weighted by Crippen LogP contribution is 2.05. The Bertz CT molecular complexity index is 190. The van der Waals surface area contributed by atoms with E-state index in [1.165, 1.54) is 0 Å². The van der Waals surface area contributed by atoms with Gasteiger partial charge in [-0.25, -0.2) is 4.98 Å². The molecule has 3 nitrogen and oxygen atoms in total. The Morgan fingerprint density at radius 3 is 3.00 bits per heavy atom. The van der Waals surface area contributed by atoms with E-state index in [0.29, 0.717) is 0 Å². The van der Waals surface area contributed by atoms with Crippen LogP contribution in [0.2, 0.25) is 0 Å². The highest BCUT2D eigenvalue weighted by atomic mass is 16.3. The molecule has 0 spiro atoms. The molecule has 0 saturated carbocycles. The average molecular weight is 139 g/mol. The molecule has 0 fully saturated rings. The maximum atomic E-state index is 8.79. The number of aromatic amines is 1. The summed E-state index contributed by atoms with van der Waals surface area (Å²) in [7, 11) is 1.81. The Kier molecular flexibility index (Phi) is 2.23. The number of aliphatic hydroxyl groups excluding tert-OH is 1. The lowest BCUT2D eigenvalue weighted by atomic mass is 10.3. The fraction of sp³-hybridized carbons (Fsp3) is 0.286. The minimum absolute atomic E-state index is 0.0630. The summed E-state index contributed by atoms with van der Waals surface area (Å²) in [5, 5.41) is 11.7. The van der Waals surface area contributed by atoms with Crippen LogP contribution in [0.3, 0.4) is 0 Å². The highest BCUT2D eigenvalue weighted by Gasteiger charge is 2.02. The third-order valence-corrected chi connectivity index (χ3v) is 1.36. The molecule has 0 unspecified atom stereocenters. The van der Waals surface area contributed by atoms with Crippen molar-refractivity contribution in [2.24, 2.45) is 0 Å². The molecule has 0 bridgehead atoms. The second-order valence-corrected chi connectivity index (χ2v) is 1.98. The summed E-state index contributed by atoms with van der Waals surface area (Å²) in [4.78, 5) is 2.97. The quantitative estimate of drug-likeness (QED) is 0.607. The summed E-state index contributed by atoms with van der Waals surface area (Å²) < 4.78 is 0. The summed E-state index contributed by atoms with van der Waals surface area (Å²) in [6.07, 6.45) is 1.81. The first-order chi connectivity index (χ1) is 4.88. The van der Waals surface area contributed by atoms with E-state index in [1.54, 1.807) is 0 Å². The number of H-pyrrole nitrogens is 1. The molecule has 10 heavy (non-hydrogen) atoms. The molecule has 3 N–H and O–H groups in total. The molecule has 1 rings (SSSR count). The van der Waals surface area contributed by atoms with E-state index in [1.807, 2.05) is 25.4 Å². The normalized spacial score (nSPS) is 9.40. The van der Waals surface area contributed by atoms with Crippen LogP contribution in [0.4, 0.5) is 5.82 Å². The minimum atomic E-state index is 0.0630.